The van der Waals surface area contributed by atoms with E-state index < -0.39 is 0 Å². The minimum Gasteiger partial charge on any atom is -0.380 e. The lowest BCUT2D eigenvalue weighted by Gasteiger charge is -2.16. The Labute approximate surface area is 90.6 Å². The van der Waals surface area contributed by atoms with Crippen molar-refractivity contribution in [3.63, 3.8) is 0 Å². The molecule has 0 aliphatic rings. The first kappa shape index (κ1) is 13.9. The number of nitriles is 1. The number of nitrogens with zero attached hydrogens (tertiary/aromatic N) is 1. The zero-order valence-electron chi connectivity index (χ0n) is 9.32. The number of ether oxygens (including phenoxy) is 1. The number of nitrogens with one attached hydrogen (secondary N) is 1. The van der Waals surface area contributed by atoms with Crippen LogP contribution in [0.4, 0.5) is 0 Å². The van der Waals surface area contributed by atoms with Gasteiger partial charge in [-0.15, -0.1) is 0 Å². The molecule has 3 N–H and O–H groups in total. The number of nitrogens with two attached hydrogens (primary N) is 1. The number of amides is 1. The number of carbonyl (C=O) groups is 1. The molecule has 0 saturated carbocycles. The summed E-state index contributed by atoms with van der Waals surface area (Å²) in [4.78, 5) is 11.5. The third kappa shape index (κ3) is 6.05. The first-order valence-electron chi connectivity index (χ1n) is 5.07. The van der Waals surface area contributed by atoms with E-state index in [-0.39, 0.29) is 24.5 Å². The predicted octanol–water partition coefficient (Wildman–Crippen LogP) is 0.159. The second kappa shape index (κ2) is 8.21. The quantitative estimate of drug-likeness (QED) is 0.630. The van der Waals surface area contributed by atoms with E-state index in [1.54, 1.807) is 0 Å². The summed E-state index contributed by atoms with van der Waals surface area (Å²) in [7, 11) is 1.53. The van der Waals surface area contributed by atoms with Gasteiger partial charge in [-0.05, 0) is 6.42 Å². The van der Waals surface area contributed by atoms with Crippen LogP contribution in [0.2, 0.25) is 0 Å². The van der Waals surface area contributed by atoms with Crippen LogP contribution in [0.15, 0.2) is 0 Å². The SMILES string of the molecule is CCC(CC#N)NC(=O)CC(CN)OC. The molecule has 1 amide bonds. The van der Waals surface area contributed by atoms with E-state index in [0.717, 1.165) is 6.42 Å². The van der Waals surface area contributed by atoms with Gasteiger partial charge < -0.3 is 15.8 Å². The van der Waals surface area contributed by atoms with Gasteiger partial charge in [0, 0.05) is 19.7 Å². The molecule has 86 valence electrons. The Morgan fingerprint density at radius 3 is 2.73 bits per heavy atom. The van der Waals surface area contributed by atoms with Crippen molar-refractivity contribution in [3.8, 4) is 6.07 Å². The molecule has 15 heavy (non-hydrogen) atoms. The molecule has 0 heterocycles. The molecule has 0 spiro atoms. The molecule has 0 bridgehead atoms. The highest BCUT2D eigenvalue weighted by Gasteiger charge is 2.14. The van der Waals surface area contributed by atoms with Gasteiger partial charge in [0.05, 0.1) is 25.0 Å². The van der Waals surface area contributed by atoms with Crippen molar-refractivity contribution in [1.82, 2.24) is 5.32 Å². The van der Waals surface area contributed by atoms with Crippen LogP contribution in [-0.4, -0.2) is 31.7 Å². The molecule has 5 nitrogen and oxygen atoms in total. The summed E-state index contributed by atoms with van der Waals surface area (Å²) in [6, 6.07) is 1.96. The topological polar surface area (TPSA) is 88.1 Å². The molecule has 0 rings (SSSR count). The van der Waals surface area contributed by atoms with Crippen LogP contribution in [0.1, 0.15) is 26.2 Å². The van der Waals surface area contributed by atoms with Gasteiger partial charge in [0.1, 0.15) is 0 Å². The van der Waals surface area contributed by atoms with E-state index in [0.29, 0.717) is 13.0 Å². The van der Waals surface area contributed by atoms with Crippen molar-refractivity contribution >= 4 is 5.91 Å². The van der Waals surface area contributed by atoms with E-state index in [9.17, 15) is 4.79 Å². The van der Waals surface area contributed by atoms with E-state index in [4.69, 9.17) is 15.7 Å². The maximum absolute atomic E-state index is 11.5. The second-order valence-corrected chi connectivity index (χ2v) is 3.33. The lowest BCUT2D eigenvalue weighted by Crippen LogP contribution is -2.38. The fourth-order valence-electron chi connectivity index (χ4n) is 1.16. The molecule has 5 heteroatoms. The van der Waals surface area contributed by atoms with Gasteiger partial charge in [0.15, 0.2) is 0 Å². The van der Waals surface area contributed by atoms with Crippen molar-refractivity contribution in [2.75, 3.05) is 13.7 Å². The summed E-state index contributed by atoms with van der Waals surface area (Å²) in [6.45, 7) is 2.25. The number of methoxy groups -OCH3 is 1. The van der Waals surface area contributed by atoms with Crippen LogP contribution in [0.5, 0.6) is 0 Å². The fourth-order valence-corrected chi connectivity index (χ4v) is 1.16. The van der Waals surface area contributed by atoms with Gasteiger partial charge in [-0.2, -0.15) is 5.26 Å². The van der Waals surface area contributed by atoms with Crippen LogP contribution < -0.4 is 11.1 Å². The molecule has 0 aromatic carbocycles. The molecular formula is C10H19N3O2. The molecule has 0 aliphatic heterocycles. The van der Waals surface area contributed by atoms with Crippen LogP contribution in [0.3, 0.4) is 0 Å². The average Bonchev–Trinajstić information content (AvgIpc) is 2.25. The normalized spacial score (nSPS) is 14.0. The summed E-state index contributed by atoms with van der Waals surface area (Å²) < 4.78 is 4.99. The Hall–Kier alpha value is -1.12. The molecule has 0 aliphatic carbocycles. The number of hydrogen-bond donors (Lipinski definition) is 2. The van der Waals surface area contributed by atoms with Crippen LogP contribution >= 0.6 is 0 Å². The highest BCUT2D eigenvalue weighted by molar-refractivity contribution is 5.76. The molecular weight excluding hydrogens is 194 g/mol. The Kier molecular flexibility index (Phi) is 7.60. The standard InChI is InChI=1S/C10H19N3O2/c1-3-8(4-5-11)13-10(14)6-9(7-12)15-2/h8-9H,3-4,6-7,12H2,1-2H3,(H,13,14). The van der Waals surface area contributed by atoms with Crippen LogP contribution in [0, 0.1) is 11.3 Å². The van der Waals surface area contributed by atoms with Crippen LogP contribution in [-0.2, 0) is 9.53 Å². The monoisotopic (exact) mass is 213 g/mol. The molecule has 0 saturated heterocycles. The molecule has 0 aromatic heterocycles. The molecule has 2 atom stereocenters. The third-order valence-corrected chi connectivity index (χ3v) is 2.20. The van der Waals surface area contributed by atoms with Gasteiger partial charge >= 0.3 is 0 Å². The lowest BCUT2D eigenvalue weighted by atomic mass is 10.1. The summed E-state index contributed by atoms with van der Waals surface area (Å²) in [5.41, 5.74) is 5.40. The minimum absolute atomic E-state index is 0.0715. The van der Waals surface area contributed by atoms with Crippen molar-refractivity contribution < 1.29 is 9.53 Å². The Morgan fingerprint density at radius 1 is 1.67 bits per heavy atom. The highest BCUT2D eigenvalue weighted by Crippen LogP contribution is 1.99. The Bertz CT molecular complexity index is 221. The lowest BCUT2D eigenvalue weighted by molar-refractivity contribution is -0.124. The first-order valence-corrected chi connectivity index (χ1v) is 5.07. The van der Waals surface area contributed by atoms with E-state index in [2.05, 4.69) is 5.32 Å². The predicted molar refractivity (Wildman–Crippen MR) is 56.9 cm³/mol. The average molecular weight is 213 g/mol. The minimum atomic E-state index is -0.246. The summed E-state index contributed by atoms with van der Waals surface area (Å²) in [6.07, 6.45) is 1.08. The van der Waals surface area contributed by atoms with E-state index in [1.165, 1.54) is 7.11 Å². The largest absolute Gasteiger partial charge is 0.380 e. The Morgan fingerprint density at radius 2 is 2.33 bits per heavy atom. The highest BCUT2D eigenvalue weighted by atomic mass is 16.5. The van der Waals surface area contributed by atoms with E-state index in [1.807, 2.05) is 13.0 Å². The summed E-state index contributed by atoms with van der Waals surface area (Å²) in [5, 5.41) is 11.3. The van der Waals surface area contributed by atoms with E-state index >= 15 is 0 Å². The maximum atomic E-state index is 11.5. The molecule has 0 aromatic rings. The zero-order chi connectivity index (χ0) is 11.7. The zero-order valence-corrected chi connectivity index (χ0v) is 9.32. The van der Waals surface area contributed by atoms with Crippen molar-refractivity contribution in [1.29, 1.82) is 5.26 Å². The van der Waals surface area contributed by atoms with Gasteiger partial charge in [0.2, 0.25) is 5.91 Å². The maximum Gasteiger partial charge on any atom is 0.222 e. The Balaban J connectivity index is 3.95. The smallest absolute Gasteiger partial charge is 0.222 e. The fraction of sp³-hybridized carbons (Fsp3) is 0.800. The molecule has 0 fully saturated rings. The van der Waals surface area contributed by atoms with Crippen LogP contribution in [0.25, 0.3) is 0 Å². The number of carbonyl (C=O) groups excluding carboxylic acids is 1. The van der Waals surface area contributed by atoms with Crippen molar-refractivity contribution in [2.24, 2.45) is 5.73 Å². The van der Waals surface area contributed by atoms with Gasteiger partial charge in [-0.1, -0.05) is 6.92 Å². The molecule has 0 radical (unpaired) electrons. The number of rotatable bonds is 7. The number of hydrogen-bond acceptors (Lipinski definition) is 4. The summed E-state index contributed by atoms with van der Waals surface area (Å²) >= 11 is 0. The van der Waals surface area contributed by atoms with Crippen molar-refractivity contribution in [3.05, 3.63) is 0 Å². The molecule has 2 unspecified atom stereocenters. The van der Waals surface area contributed by atoms with Crippen molar-refractivity contribution in [2.45, 2.75) is 38.3 Å². The summed E-state index contributed by atoms with van der Waals surface area (Å²) in [5.74, 6) is -0.116. The van der Waals surface area contributed by atoms with Gasteiger partial charge in [-0.25, -0.2) is 0 Å². The van der Waals surface area contributed by atoms with Gasteiger partial charge in [-0.3, -0.25) is 4.79 Å². The first-order chi connectivity index (χ1) is 7.17. The second-order valence-electron chi connectivity index (χ2n) is 3.33. The third-order valence-electron chi connectivity index (χ3n) is 2.20. The van der Waals surface area contributed by atoms with Gasteiger partial charge in [0.25, 0.3) is 0 Å².